The lowest BCUT2D eigenvalue weighted by atomic mass is 9.76. The minimum Gasteiger partial charge on any atom is -0.493 e. The summed E-state index contributed by atoms with van der Waals surface area (Å²) in [6.07, 6.45) is 3.07. The molecular weight excluding hydrogens is 370 g/mol. The zero-order valence-electron chi connectivity index (χ0n) is 17.4. The van der Waals surface area contributed by atoms with E-state index in [9.17, 15) is 4.79 Å². The number of nitrogens with zero attached hydrogens (tertiary/aromatic N) is 3. The van der Waals surface area contributed by atoms with E-state index in [2.05, 4.69) is 18.9 Å². The number of hydrogen-bond acceptors (Lipinski definition) is 6. The van der Waals surface area contributed by atoms with Crippen LogP contribution in [0.15, 0.2) is 24.4 Å². The molecule has 3 aromatic rings. The third kappa shape index (κ3) is 3.35. The number of benzene rings is 1. The van der Waals surface area contributed by atoms with Crippen LogP contribution in [0, 0.1) is 5.41 Å². The van der Waals surface area contributed by atoms with Crippen molar-refractivity contribution in [2.45, 2.75) is 33.3 Å². The van der Waals surface area contributed by atoms with E-state index in [4.69, 9.17) is 19.2 Å². The fraction of sp³-hybridized carbons (Fsp3) is 0.409. The van der Waals surface area contributed by atoms with Gasteiger partial charge in [-0.05, 0) is 29.5 Å². The van der Waals surface area contributed by atoms with Crippen molar-refractivity contribution in [3.63, 3.8) is 0 Å². The maximum atomic E-state index is 12.7. The summed E-state index contributed by atoms with van der Waals surface area (Å²) >= 11 is 0. The molecule has 0 saturated carbocycles. The molecule has 2 heterocycles. The van der Waals surface area contributed by atoms with E-state index in [1.165, 1.54) is 0 Å². The van der Waals surface area contributed by atoms with Gasteiger partial charge in [0.2, 0.25) is 0 Å². The molecule has 2 aromatic heterocycles. The van der Waals surface area contributed by atoms with Crippen LogP contribution in [0.2, 0.25) is 0 Å². The van der Waals surface area contributed by atoms with Crippen molar-refractivity contribution in [1.82, 2.24) is 14.6 Å². The van der Waals surface area contributed by atoms with E-state index < -0.39 is 0 Å². The average Bonchev–Trinajstić information content (AvgIpc) is 3.02. The van der Waals surface area contributed by atoms with Gasteiger partial charge in [-0.3, -0.25) is 4.79 Å². The van der Waals surface area contributed by atoms with E-state index >= 15 is 0 Å². The van der Waals surface area contributed by atoms with Gasteiger partial charge in [-0.2, -0.15) is 5.10 Å². The van der Waals surface area contributed by atoms with Crippen molar-refractivity contribution in [3.8, 4) is 22.6 Å². The molecule has 1 aliphatic carbocycles. The van der Waals surface area contributed by atoms with Crippen LogP contribution in [0.25, 0.3) is 16.8 Å². The molecule has 0 unspecified atom stereocenters. The number of ketones is 1. The van der Waals surface area contributed by atoms with Crippen LogP contribution in [0.5, 0.6) is 11.5 Å². The molecule has 0 fully saturated rings. The van der Waals surface area contributed by atoms with E-state index in [-0.39, 0.29) is 11.2 Å². The maximum absolute atomic E-state index is 12.7. The molecule has 0 aliphatic heterocycles. The van der Waals surface area contributed by atoms with Gasteiger partial charge in [0.1, 0.15) is 0 Å². The Morgan fingerprint density at radius 2 is 1.86 bits per heavy atom. The fourth-order valence-corrected chi connectivity index (χ4v) is 3.99. The van der Waals surface area contributed by atoms with Gasteiger partial charge in [0.15, 0.2) is 22.9 Å². The zero-order valence-corrected chi connectivity index (χ0v) is 17.4. The molecular formula is C22H25N3O4. The van der Waals surface area contributed by atoms with Gasteiger partial charge in [0, 0.05) is 19.7 Å². The predicted octanol–water partition coefficient (Wildman–Crippen LogP) is 3.72. The Balaban J connectivity index is 1.95. The molecule has 4 rings (SSSR count). The van der Waals surface area contributed by atoms with Crippen LogP contribution in [-0.2, 0) is 17.8 Å². The van der Waals surface area contributed by atoms with E-state index in [1.807, 2.05) is 18.2 Å². The standard InChI is InChI=1S/C22H25N3O4/c1-22(2)9-15-14(17(26)10-22)11-25-21(23-15)20(16(24-25)12-27-3)13-6-7-18(28-4)19(8-13)29-5/h6-8,11H,9-10,12H2,1-5H3. The number of methoxy groups -OCH3 is 3. The Morgan fingerprint density at radius 1 is 1.10 bits per heavy atom. The van der Waals surface area contributed by atoms with Crippen LogP contribution >= 0.6 is 0 Å². The van der Waals surface area contributed by atoms with Gasteiger partial charge in [-0.1, -0.05) is 19.9 Å². The van der Waals surface area contributed by atoms with Crippen molar-refractivity contribution in [2.75, 3.05) is 21.3 Å². The SMILES string of the molecule is COCc1nn2cc3c(nc2c1-c1ccc(OC)c(OC)c1)CC(C)(C)CC3=O. The molecule has 152 valence electrons. The highest BCUT2D eigenvalue weighted by Gasteiger charge is 2.33. The summed E-state index contributed by atoms with van der Waals surface area (Å²) in [5.74, 6) is 1.39. The fourth-order valence-electron chi connectivity index (χ4n) is 3.99. The van der Waals surface area contributed by atoms with Crippen molar-refractivity contribution in [1.29, 1.82) is 0 Å². The molecule has 0 spiro atoms. The molecule has 0 amide bonds. The van der Waals surface area contributed by atoms with Gasteiger partial charge < -0.3 is 14.2 Å². The van der Waals surface area contributed by atoms with Crippen molar-refractivity contribution < 1.29 is 19.0 Å². The first-order chi connectivity index (χ1) is 13.9. The molecule has 0 bridgehead atoms. The largest absolute Gasteiger partial charge is 0.493 e. The summed E-state index contributed by atoms with van der Waals surface area (Å²) in [5.41, 5.74) is 4.60. The highest BCUT2D eigenvalue weighted by Crippen LogP contribution is 2.38. The minimum absolute atomic E-state index is 0.103. The molecule has 0 saturated heterocycles. The van der Waals surface area contributed by atoms with Gasteiger partial charge in [-0.15, -0.1) is 0 Å². The number of carbonyl (C=O) groups excluding carboxylic acids is 1. The third-order valence-electron chi connectivity index (χ3n) is 5.30. The summed E-state index contributed by atoms with van der Waals surface area (Å²) in [4.78, 5) is 17.5. The van der Waals surface area contributed by atoms with Crippen LogP contribution < -0.4 is 9.47 Å². The monoisotopic (exact) mass is 395 g/mol. The molecule has 1 aliphatic rings. The summed E-state index contributed by atoms with van der Waals surface area (Å²) in [7, 11) is 4.85. The molecule has 7 heteroatoms. The summed E-state index contributed by atoms with van der Waals surface area (Å²) in [6.45, 7) is 4.53. The second-order valence-electron chi connectivity index (χ2n) is 8.13. The number of hydrogen-bond donors (Lipinski definition) is 0. The summed E-state index contributed by atoms with van der Waals surface area (Å²) in [5, 5.41) is 4.66. The first-order valence-electron chi connectivity index (χ1n) is 9.52. The number of fused-ring (bicyclic) bond motifs is 2. The summed E-state index contributed by atoms with van der Waals surface area (Å²) < 4.78 is 17.9. The average molecular weight is 395 g/mol. The lowest BCUT2D eigenvalue weighted by Crippen LogP contribution is -2.28. The Bertz CT molecular complexity index is 1100. The van der Waals surface area contributed by atoms with Gasteiger partial charge in [0.25, 0.3) is 0 Å². The number of carbonyl (C=O) groups is 1. The number of Topliss-reactive ketones (excluding diaryl/α,β-unsaturated/α-hetero) is 1. The Hall–Kier alpha value is -2.93. The van der Waals surface area contributed by atoms with Crippen molar-refractivity contribution in [3.05, 3.63) is 41.3 Å². The topological polar surface area (TPSA) is 75.0 Å². The highest BCUT2D eigenvalue weighted by molar-refractivity contribution is 5.99. The Labute approximate surface area is 169 Å². The normalized spacial score (nSPS) is 15.4. The van der Waals surface area contributed by atoms with E-state index in [0.29, 0.717) is 35.7 Å². The van der Waals surface area contributed by atoms with Crippen molar-refractivity contribution >= 4 is 11.4 Å². The molecule has 0 radical (unpaired) electrons. The lowest BCUT2D eigenvalue weighted by molar-refractivity contribution is 0.0909. The first kappa shape index (κ1) is 19.4. The predicted molar refractivity (Wildman–Crippen MR) is 109 cm³/mol. The highest BCUT2D eigenvalue weighted by atomic mass is 16.5. The molecule has 0 atom stereocenters. The second-order valence-corrected chi connectivity index (χ2v) is 8.13. The van der Waals surface area contributed by atoms with E-state index in [1.54, 1.807) is 32.0 Å². The smallest absolute Gasteiger partial charge is 0.166 e. The Morgan fingerprint density at radius 3 is 2.55 bits per heavy atom. The lowest BCUT2D eigenvalue weighted by Gasteiger charge is -2.29. The number of rotatable bonds is 5. The van der Waals surface area contributed by atoms with Crippen LogP contribution in [0.4, 0.5) is 0 Å². The second kappa shape index (κ2) is 7.15. The number of aromatic nitrogens is 3. The zero-order chi connectivity index (χ0) is 20.8. The van der Waals surface area contributed by atoms with Gasteiger partial charge >= 0.3 is 0 Å². The molecule has 1 aromatic carbocycles. The molecule has 7 nitrogen and oxygen atoms in total. The number of ether oxygens (including phenoxy) is 3. The van der Waals surface area contributed by atoms with Gasteiger partial charge in [-0.25, -0.2) is 9.50 Å². The van der Waals surface area contributed by atoms with Gasteiger partial charge in [0.05, 0.1) is 43.3 Å². The quantitative estimate of drug-likeness (QED) is 0.656. The first-order valence-corrected chi connectivity index (χ1v) is 9.52. The van der Waals surface area contributed by atoms with Crippen molar-refractivity contribution in [2.24, 2.45) is 5.41 Å². The third-order valence-corrected chi connectivity index (χ3v) is 5.30. The van der Waals surface area contributed by atoms with Crippen LogP contribution in [-0.4, -0.2) is 41.7 Å². The van der Waals surface area contributed by atoms with Crippen LogP contribution in [0.3, 0.4) is 0 Å². The Kier molecular flexibility index (Phi) is 4.78. The summed E-state index contributed by atoms with van der Waals surface area (Å²) in [6, 6.07) is 5.72. The van der Waals surface area contributed by atoms with E-state index in [0.717, 1.165) is 28.9 Å². The minimum atomic E-state index is -0.103. The molecule has 29 heavy (non-hydrogen) atoms. The molecule has 0 N–H and O–H groups in total. The van der Waals surface area contributed by atoms with Crippen LogP contribution in [0.1, 0.15) is 42.0 Å². The maximum Gasteiger partial charge on any atom is 0.166 e.